The average Bonchev–Trinajstić information content (AvgIpc) is 2.79. The van der Waals surface area contributed by atoms with Crippen LogP contribution < -0.4 is 10.2 Å². The van der Waals surface area contributed by atoms with E-state index in [2.05, 4.69) is 26.3 Å². The van der Waals surface area contributed by atoms with E-state index in [1.165, 1.54) is 24.7 Å². The van der Waals surface area contributed by atoms with Crippen LogP contribution in [0.3, 0.4) is 0 Å². The van der Waals surface area contributed by atoms with Crippen molar-refractivity contribution >= 4 is 32.6 Å². The quantitative estimate of drug-likeness (QED) is 0.668. The van der Waals surface area contributed by atoms with E-state index < -0.39 is 9.84 Å². The molecule has 172 valence electrons. The van der Waals surface area contributed by atoms with Gasteiger partial charge >= 0.3 is 0 Å². The van der Waals surface area contributed by atoms with Crippen molar-refractivity contribution in [3.05, 3.63) is 35.5 Å². The van der Waals surface area contributed by atoms with Crippen molar-refractivity contribution in [3.8, 4) is 0 Å². The monoisotopic (exact) mass is 456 g/mol. The molecule has 7 nitrogen and oxygen atoms in total. The second-order valence-corrected chi connectivity index (χ2v) is 11.0. The molecule has 1 N–H and O–H groups in total. The Bertz CT molecular complexity index is 1140. The van der Waals surface area contributed by atoms with Crippen molar-refractivity contribution in [2.75, 3.05) is 30.8 Å². The van der Waals surface area contributed by atoms with Crippen LogP contribution in [-0.2, 0) is 14.6 Å². The lowest BCUT2D eigenvalue weighted by Crippen LogP contribution is -2.44. The summed E-state index contributed by atoms with van der Waals surface area (Å²) in [6.45, 7) is 3.96. The molecule has 1 aliphatic heterocycles. The second kappa shape index (κ2) is 9.57. The Morgan fingerprint density at radius 2 is 2.06 bits per heavy atom. The summed E-state index contributed by atoms with van der Waals surface area (Å²) < 4.78 is 23.9. The maximum absolute atomic E-state index is 12.8. The first-order valence-corrected chi connectivity index (χ1v) is 13.4. The molecule has 1 aromatic carbocycles. The highest BCUT2D eigenvalue weighted by molar-refractivity contribution is 7.90. The summed E-state index contributed by atoms with van der Waals surface area (Å²) in [5.74, 6) is 0.569. The first-order chi connectivity index (χ1) is 15.3. The van der Waals surface area contributed by atoms with Gasteiger partial charge in [-0.2, -0.15) is 0 Å². The smallest absolute Gasteiger partial charge is 0.226 e. The number of aromatic nitrogens is 2. The van der Waals surface area contributed by atoms with E-state index in [0.717, 1.165) is 49.7 Å². The summed E-state index contributed by atoms with van der Waals surface area (Å²) in [7, 11) is -3.31. The normalized spacial score (nSPS) is 19.6. The molecule has 1 amide bonds. The molecule has 1 aliphatic carbocycles. The van der Waals surface area contributed by atoms with Gasteiger partial charge in [0.1, 0.15) is 0 Å². The number of fused-ring (bicyclic) bond motifs is 1. The van der Waals surface area contributed by atoms with Gasteiger partial charge in [-0.25, -0.2) is 18.4 Å². The molecule has 0 radical (unpaired) electrons. The lowest BCUT2D eigenvalue weighted by molar-refractivity contribution is -0.125. The standard InChI is InChI=1S/C24H32N4O3S/c1-17-21-11-10-20(32(2,30)31)15-22(21)27-24(26-17)28-14-6-9-19(16-28)23(29)25-13-12-18-7-4-3-5-8-18/h7,10-11,15,19H,3-6,8-9,12-14,16H2,1-2H3,(H,25,29). The number of aryl methyl sites for hydroxylation is 1. The Hall–Kier alpha value is -2.48. The zero-order valence-corrected chi connectivity index (χ0v) is 19.7. The van der Waals surface area contributed by atoms with Gasteiger partial charge in [-0.15, -0.1) is 0 Å². The third-order valence-corrected chi connectivity index (χ3v) is 7.59. The molecule has 1 atom stereocenters. The number of allylic oxidation sites excluding steroid dienone is 1. The SMILES string of the molecule is Cc1nc(N2CCCC(C(=O)NCCC3=CCCCC3)C2)nc2cc(S(C)(=O)=O)ccc12. The summed E-state index contributed by atoms with van der Waals surface area (Å²) in [4.78, 5) is 24.4. The molecule has 0 spiro atoms. The topological polar surface area (TPSA) is 92.3 Å². The van der Waals surface area contributed by atoms with Crippen LogP contribution >= 0.6 is 0 Å². The number of hydrogen-bond donors (Lipinski definition) is 1. The number of piperidine rings is 1. The Kier molecular flexibility index (Phi) is 6.79. The van der Waals surface area contributed by atoms with Crippen molar-refractivity contribution in [1.82, 2.24) is 15.3 Å². The van der Waals surface area contributed by atoms with Crippen LogP contribution in [0, 0.1) is 12.8 Å². The number of anilines is 1. The van der Waals surface area contributed by atoms with E-state index in [4.69, 9.17) is 0 Å². The molecule has 32 heavy (non-hydrogen) atoms. The number of amides is 1. The molecule has 0 saturated carbocycles. The summed E-state index contributed by atoms with van der Waals surface area (Å²) in [6.07, 6.45) is 11.1. The number of carbonyl (C=O) groups excluding carboxylic acids is 1. The fourth-order valence-corrected chi connectivity index (χ4v) is 5.26. The van der Waals surface area contributed by atoms with Gasteiger partial charge in [-0.3, -0.25) is 4.79 Å². The summed E-state index contributed by atoms with van der Waals surface area (Å²) in [5, 5.41) is 3.96. The van der Waals surface area contributed by atoms with Gasteiger partial charge in [-0.1, -0.05) is 11.6 Å². The zero-order chi connectivity index (χ0) is 22.7. The van der Waals surface area contributed by atoms with Crippen molar-refractivity contribution in [2.24, 2.45) is 5.92 Å². The van der Waals surface area contributed by atoms with Gasteiger partial charge in [0, 0.05) is 31.3 Å². The minimum absolute atomic E-state index is 0.0916. The third-order valence-electron chi connectivity index (χ3n) is 6.48. The Morgan fingerprint density at radius 3 is 2.81 bits per heavy atom. The molecule has 1 saturated heterocycles. The lowest BCUT2D eigenvalue weighted by Gasteiger charge is -2.32. The molecule has 2 aliphatic rings. The van der Waals surface area contributed by atoms with Crippen LogP contribution in [-0.4, -0.2) is 50.2 Å². The number of nitrogens with zero attached hydrogens (tertiary/aromatic N) is 3. The van der Waals surface area contributed by atoms with Gasteiger partial charge < -0.3 is 10.2 Å². The highest BCUT2D eigenvalue weighted by atomic mass is 32.2. The van der Waals surface area contributed by atoms with Gasteiger partial charge in [0.05, 0.1) is 22.0 Å². The van der Waals surface area contributed by atoms with Crippen LogP contribution in [0.15, 0.2) is 34.7 Å². The molecule has 2 aromatic rings. The largest absolute Gasteiger partial charge is 0.355 e. The molecule has 2 heterocycles. The number of carbonyl (C=O) groups is 1. The fourth-order valence-electron chi connectivity index (χ4n) is 4.62. The van der Waals surface area contributed by atoms with E-state index in [9.17, 15) is 13.2 Å². The predicted octanol–water partition coefficient (Wildman–Crippen LogP) is 3.56. The van der Waals surface area contributed by atoms with E-state index >= 15 is 0 Å². The molecule has 8 heteroatoms. The first kappa shape index (κ1) is 22.7. The van der Waals surface area contributed by atoms with Crippen LogP contribution in [0.2, 0.25) is 0 Å². The van der Waals surface area contributed by atoms with Gasteiger partial charge in [0.2, 0.25) is 11.9 Å². The van der Waals surface area contributed by atoms with Crippen molar-refractivity contribution < 1.29 is 13.2 Å². The molecule has 4 rings (SSSR count). The second-order valence-electron chi connectivity index (χ2n) is 8.99. The maximum Gasteiger partial charge on any atom is 0.226 e. The number of rotatable bonds is 6. The molecule has 1 unspecified atom stereocenters. The van der Waals surface area contributed by atoms with E-state index in [1.807, 2.05) is 6.92 Å². The molecule has 1 aromatic heterocycles. The minimum atomic E-state index is -3.31. The Morgan fingerprint density at radius 1 is 1.22 bits per heavy atom. The summed E-state index contributed by atoms with van der Waals surface area (Å²) in [5.41, 5.74) is 2.88. The number of benzene rings is 1. The Labute approximate surface area is 190 Å². The predicted molar refractivity (Wildman–Crippen MR) is 126 cm³/mol. The van der Waals surface area contributed by atoms with Gasteiger partial charge in [0.25, 0.3) is 0 Å². The first-order valence-electron chi connectivity index (χ1n) is 11.5. The van der Waals surface area contributed by atoms with Crippen molar-refractivity contribution in [2.45, 2.75) is 56.8 Å². The summed E-state index contributed by atoms with van der Waals surface area (Å²) >= 11 is 0. The van der Waals surface area contributed by atoms with Crippen molar-refractivity contribution in [3.63, 3.8) is 0 Å². The van der Waals surface area contributed by atoms with Crippen LogP contribution in [0.25, 0.3) is 10.9 Å². The number of nitrogens with one attached hydrogen (secondary N) is 1. The molecular weight excluding hydrogens is 424 g/mol. The zero-order valence-electron chi connectivity index (χ0n) is 18.9. The lowest BCUT2D eigenvalue weighted by atomic mass is 9.96. The highest BCUT2D eigenvalue weighted by Gasteiger charge is 2.27. The van der Waals surface area contributed by atoms with Crippen molar-refractivity contribution in [1.29, 1.82) is 0 Å². The number of sulfone groups is 1. The van der Waals surface area contributed by atoms with Crippen LogP contribution in [0.1, 0.15) is 50.6 Å². The van der Waals surface area contributed by atoms with Gasteiger partial charge in [-0.05, 0) is 70.1 Å². The van der Waals surface area contributed by atoms with E-state index in [1.54, 1.807) is 18.2 Å². The average molecular weight is 457 g/mol. The van der Waals surface area contributed by atoms with E-state index in [-0.39, 0.29) is 16.7 Å². The minimum Gasteiger partial charge on any atom is -0.355 e. The maximum atomic E-state index is 12.8. The highest BCUT2D eigenvalue weighted by Crippen LogP contribution is 2.26. The third kappa shape index (κ3) is 5.28. The molecular formula is C24H32N4O3S. The van der Waals surface area contributed by atoms with Gasteiger partial charge in [0.15, 0.2) is 9.84 Å². The summed E-state index contributed by atoms with van der Waals surface area (Å²) in [6, 6.07) is 4.97. The Balaban J connectivity index is 1.45. The van der Waals surface area contributed by atoms with Crippen LogP contribution in [0.4, 0.5) is 5.95 Å². The molecule has 1 fully saturated rings. The van der Waals surface area contributed by atoms with Crippen LogP contribution in [0.5, 0.6) is 0 Å². The van der Waals surface area contributed by atoms with E-state index in [0.29, 0.717) is 24.6 Å². The number of hydrogen-bond acceptors (Lipinski definition) is 6. The fraction of sp³-hybridized carbons (Fsp3) is 0.542. The molecule has 0 bridgehead atoms.